The van der Waals surface area contributed by atoms with E-state index in [0.717, 1.165) is 37.6 Å². The summed E-state index contributed by atoms with van der Waals surface area (Å²) in [5.41, 5.74) is 1.09. The van der Waals surface area contributed by atoms with E-state index in [0.29, 0.717) is 0 Å². The standard InChI is InChI=1S/C17H18F2N2OS/c1-11(17(22)20-15-9-13(18)4-5-14(15)19)21-7-2-3-16(21)12-6-8-23-10-12/h4-6,8-11,16H,2-3,7H2,1H3,(H,20,22). The minimum atomic E-state index is -0.636. The second-order valence-corrected chi connectivity index (χ2v) is 6.52. The van der Waals surface area contributed by atoms with Crippen molar-refractivity contribution in [1.29, 1.82) is 0 Å². The molecule has 0 aliphatic carbocycles. The second-order valence-electron chi connectivity index (χ2n) is 5.74. The van der Waals surface area contributed by atoms with Crippen molar-refractivity contribution >= 4 is 22.9 Å². The van der Waals surface area contributed by atoms with Crippen LogP contribution < -0.4 is 5.32 Å². The van der Waals surface area contributed by atoms with Crippen molar-refractivity contribution in [3.05, 3.63) is 52.2 Å². The first-order valence-electron chi connectivity index (χ1n) is 7.60. The molecule has 1 N–H and O–H groups in total. The Labute approximate surface area is 137 Å². The molecule has 6 heteroatoms. The predicted molar refractivity (Wildman–Crippen MR) is 87.4 cm³/mol. The number of carbonyl (C=O) groups is 1. The van der Waals surface area contributed by atoms with E-state index in [9.17, 15) is 13.6 Å². The number of halogens is 2. The average Bonchev–Trinajstić information content (AvgIpc) is 3.20. The number of anilines is 1. The molecule has 1 saturated heterocycles. The number of hydrogen-bond acceptors (Lipinski definition) is 3. The van der Waals surface area contributed by atoms with E-state index < -0.39 is 17.7 Å². The molecule has 1 aromatic heterocycles. The predicted octanol–water partition coefficient (Wildman–Crippen LogP) is 4.19. The van der Waals surface area contributed by atoms with Gasteiger partial charge in [0.15, 0.2) is 0 Å². The van der Waals surface area contributed by atoms with Gasteiger partial charge in [-0.2, -0.15) is 11.3 Å². The summed E-state index contributed by atoms with van der Waals surface area (Å²) in [6.45, 7) is 2.62. The van der Waals surface area contributed by atoms with Crippen LogP contribution in [0.1, 0.15) is 31.4 Å². The SMILES string of the molecule is CC(C(=O)Nc1cc(F)ccc1F)N1CCCC1c1ccsc1. The molecule has 122 valence electrons. The quantitative estimate of drug-likeness (QED) is 0.908. The molecule has 0 saturated carbocycles. The summed E-state index contributed by atoms with van der Waals surface area (Å²) in [5, 5.41) is 6.62. The number of nitrogens with one attached hydrogen (secondary N) is 1. The highest BCUT2D eigenvalue weighted by Crippen LogP contribution is 2.34. The highest BCUT2D eigenvalue weighted by Gasteiger charge is 2.33. The van der Waals surface area contributed by atoms with E-state index in [1.54, 1.807) is 18.3 Å². The largest absolute Gasteiger partial charge is 0.322 e. The van der Waals surface area contributed by atoms with Crippen LogP contribution in [0, 0.1) is 11.6 Å². The number of hydrogen-bond donors (Lipinski definition) is 1. The van der Waals surface area contributed by atoms with Gasteiger partial charge in [-0.05, 0) is 60.8 Å². The van der Waals surface area contributed by atoms with Crippen molar-refractivity contribution in [3.8, 4) is 0 Å². The molecule has 2 atom stereocenters. The van der Waals surface area contributed by atoms with Crippen LogP contribution >= 0.6 is 11.3 Å². The maximum atomic E-state index is 13.7. The van der Waals surface area contributed by atoms with Gasteiger partial charge in [-0.15, -0.1) is 0 Å². The topological polar surface area (TPSA) is 32.3 Å². The monoisotopic (exact) mass is 336 g/mol. The summed E-state index contributed by atoms with van der Waals surface area (Å²) in [6.07, 6.45) is 2.02. The number of benzene rings is 1. The number of rotatable bonds is 4. The Balaban J connectivity index is 1.73. The Hall–Kier alpha value is -1.79. The zero-order chi connectivity index (χ0) is 16.4. The lowest BCUT2D eigenvalue weighted by Crippen LogP contribution is -2.41. The van der Waals surface area contributed by atoms with Gasteiger partial charge in [0.1, 0.15) is 11.6 Å². The Bertz CT molecular complexity index is 690. The van der Waals surface area contributed by atoms with Gasteiger partial charge in [-0.1, -0.05) is 0 Å². The fourth-order valence-electron chi connectivity index (χ4n) is 3.06. The van der Waals surface area contributed by atoms with Gasteiger partial charge in [-0.3, -0.25) is 9.69 Å². The first-order valence-corrected chi connectivity index (χ1v) is 8.54. The highest BCUT2D eigenvalue weighted by molar-refractivity contribution is 7.07. The van der Waals surface area contributed by atoms with Crippen LogP contribution in [0.3, 0.4) is 0 Å². The molecule has 23 heavy (non-hydrogen) atoms. The molecule has 3 nitrogen and oxygen atoms in total. The second kappa shape index (κ2) is 6.76. The smallest absolute Gasteiger partial charge is 0.241 e. The summed E-state index contributed by atoms with van der Waals surface area (Å²) in [7, 11) is 0. The molecule has 1 amide bonds. The number of likely N-dealkylation sites (tertiary alicyclic amines) is 1. The fourth-order valence-corrected chi connectivity index (χ4v) is 3.76. The van der Waals surface area contributed by atoms with E-state index in [2.05, 4.69) is 21.7 Å². The van der Waals surface area contributed by atoms with Gasteiger partial charge in [-0.25, -0.2) is 8.78 Å². The molecular weight excluding hydrogens is 318 g/mol. The van der Waals surface area contributed by atoms with Gasteiger partial charge < -0.3 is 5.32 Å². The zero-order valence-corrected chi connectivity index (χ0v) is 13.6. The minimum absolute atomic E-state index is 0.117. The lowest BCUT2D eigenvalue weighted by molar-refractivity contribution is -0.121. The van der Waals surface area contributed by atoms with Gasteiger partial charge in [0.2, 0.25) is 5.91 Å². The van der Waals surface area contributed by atoms with E-state index in [1.807, 2.05) is 5.38 Å². The summed E-state index contributed by atoms with van der Waals surface area (Å²) < 4.78 is 26.9. The maximum absolute atomic E-state index is 13.7. The molecule has 1 fully saturated rings. The third kappa shape index (κ3) is 3.43. The van der Waals surface area contributed by atoms with Crippen molar-refractivity contribution in [1.82, 2.24) is 4.90 Å². The highest BCUT2D eigenvalue weighted by atomic mass is 32.1. The summed E-state index contributed by atoms with van der Waals surface area (Å²) in [5.74, 6) is -1.54. The lowest BCUT2D eigenvalue weighted by atomic mass is 10.1. The Morgan fingerprint density at radius 1 is 1.39 bits per heavy atom. The van der Waals surface area contributed by atoms with Gasteiger partial charge in [0, 0.05) is 12.1 Å². The Morgan fingerprint density at radius 2 is 2.22 bits per heavy atom. The maximum Gasteiger partial charge on any atom is 0.241 e. The van der Waals surface area contributed by atoms with Crippen LogP contribution in [0.5, 0.6) is 0 Å². The molecule has 0 bridgehead atoms. The molecule has 2 aromatic rings. The first-order chi connectivity index (χ1) is 11.1. The van der Waals surface area contributed by atoms with Gasteiger partial charge in [0.05, 0.1) is 11.7 Å². The van der Waals surface area contributed by atoms with Crippen LogP contribution in [0.25, 0.3) is 0 Å². The molecular formula is C17H18F2N2OS. The Morgan fingerprint density at radius 3 is 2.96 bits per heavy atom. The third-order valence-corrected chi connectivity index (χ3v) is 4.99. The molecule has 1 aliphatic heterocycles. The van der Waals surface area contributed by atoms with Gasteiger partial charge >= 0.3 is 0 Å². The van der Waals surface area contributed by atoms with Crippen molar-refractivity contribution in [2.24, 2.45) is 0 Å². The van der Waals surface area contributed by atoms with E-state index in [1.165, 1.54) is 5.56 Å². The molecule has 0 spiro atoms. The molecule has 2 heterocycles. The number of thiophene rings is 1. The van der Waals surface area contributed by atoms with Crippen molar-refractivity contribution < 1.29 is 13.6 Å². The Kier molecular flexibility index (Phi) is 4.73. The normalized spacial score (nSPS) is 19.7. The van der Waals surface area contributed by atoms with Crippen LogP contribution in [0.15, 0.2) is 35.0 Å². The van der Waals surface area contributed by atoms with E-state index >= 15 is 0 Å². The average molecular weight is 336 g/mol. The van der Waals surface area contributed by atoms with E-state index in [-0.39, 0.29) is 17.6 Å². The van der Waals surface area contributed by atoms with E-state index in [4.69, 9.17) is 0 Å². The molecule has 3 rings (SSSR count). The van der Waals surface area contributed by atoms with Crippen LogP contribution in [-0.2, 0) is 4.79 Å². The van der Waals surface area contributed by atoms with Crippen LogP contribution in [-0.4, -0.2) is 23.4 Å². The van der Waals surface area contributed by atoms with Gasteiger partial charge in [0.25, 0.3) is 0 Å². The van der Waals surface area contributed by atoms with Crippen LogP contribution in [0.4, 0.5) is 14.5 Å². The molecule has 2 unspecified atom stereocenters. The number of carbonyl (C=O) groups excluding carboxylic acids is 1. The number of nitrogens with zero attached hydrogens (tertiary/aromatic N) is 1. The molecule has 1 aliphatic rings. The van der Waals surface area contributed by atoms with Crippen molar-refractivity contribution in [2.45, 2.75) is 31.8 Å². The van der Waals surface area contributed by atoms with Crippen molar-refractivity contribution in [2.75, 3.05) is 11.9 Å². The fraction of sp³-hybridized carbons (Fsp3) is 0.353. The number of amides is 1. The minimum Gasteiger partial charge on any atom is -0.322 e. The summed E-state index contributed by atoms with van der Waals surface area (Å²) >= 11 is 1.64. The lowest BCUT2D eigenvalue weighted by Gasteiger charge is -2.29. The van der Waals surface area contributed by atoms with Crippen molar-refractivity contribution in [3.63, 3.8) is 0 Å². The molecule has 0 radical (unpaired) electrons. The third-order valence-electron chi connectivity index (χ3n) is 4.29. The summed E-state index contributed by atoms with van der Waals surface area (Å²) in [6, 6.07) is 4.91. The first kappa shape index (κ1) is 16.1. The van der Waals surface area contributed by atoms with Crippen LogP contribution in [0.2, 0.25) is 0 Å². The zero-order valence-electron chi connectivity index (χ0n) is 12.8. The molecule has 1 aromatic carbocycles. The summed E-state index contributed by atoms with van der Waals surface area (Å²) in [4.78, 5) is 14.6.